The van der Waals surface area contributed by atoms with Gasteiger partial charge < -0.3 is 10.2 Å². The predicted octanol–water partition coefficient (Wildman–Crippen LogP) is 2.16. The summed E-state index contributed by atoms with van der Waals surface area (Å²) in [6.45, 7) is 2.45. The Morgan fingerprint density at radius 2 is 2.32 bits per heavy atom. The van der Waals surface area contributed by atoms with Crippen LogP contribution >= 0.6 is 22.9 Å². The molecule has 2 aromatic heterocycles. The molecule has 0 aliphatic heterocycles. The van der Waals surface area contributed by atoms with E-state index in [9.17, 15) is 4.79 Å². The second-order valence-corrected chi connectivity index (χ2v) is 5.60. The van der Waals surface area contributed by atoms with Gasteiger partial charge in [-0.3, -0.25) is 4.79 Å². The normalized spacial score (nSPS) is 12.4. The molecule has 1 atom stereocenters. The van der Waals surface area contributed by atoms with Crippen molar-refractivity contribution < 1.29 is 4.79 Å². The summed E-state index contributed by atoms with van der Waals surface area (Å²) in [6, 6.07) is 1.91. The molecule has 0 spiro atoms. The summed E-state index contributed by atoms with van der Waals surface area (Å²) in [5.41, 5.74) is 0.833. The fraction of sp³-hybridized carbons (Fsp3) is 0.417. The summed E-state index contributed by atoms with van der Waals surface area (Å²) in [5.74, 6) is 0.647. The Bertz CT molecular complexity index is 600. The highest BCUT2D eigenvalue weighted by Crippen LogP contribution is 2.29. The van der Waals surface area contributed by atoms with Gasteiger partial charge >= 0.3 is 0 Å². The van der Waals surface area contributed by atoms with E-state index in [1.165, 1.54) is 0 Å². The minimum atomic E-state index is -0.126. The Kier molecular flexibility index (Phi) is 4.21. The maximum atomic E-state index is 11.6. The zero-order valence-electron chi connectivity index (χ0n) is 11.0. The van der Waals surface area contributed by atoms with Crippen LogP contribution in [0, 0.1) is 5.92 Å². The van der Waals surface area contributed by atoms with Gasteiger partial charge in [0.05, 0.1) is 16.1 Å². The van der Waals surface area contributed by atoms with Crippen molar-refractivity contribution in [3.05, 3.63) is 16.7 Å². The first-order chi connectivity index (χ1) is 9.02. The number of aromatic nitrogens is 2. The van der Waals surface area contributed by atoms with Crippen LogP contribution in [-0.2, 0) is 4.79 Å². The van der Waals surface area contributed by atoms with Crippen molar-refractivity contribution in [2.24, 2.45) is 5.92 Å². The Balaban J connectivity index is 2.28. The number of rotatable bonds is 4. The number of hydrogen-bond donors (Lipinski definition) is 1. The Hall–Kier alpha value is -1.40. The second kappa shape index (κ2) is 5.71. The lowest BCUT2D eigenvalue weighted by molar-refractivity contribution is -0.123. The van der Waals surface area contributed by atoms with E-state index in [1.807, 2.05) is 30.3 Å². The van der Waals surface area contributed by atoms with Crippen LogP contribution in [0.2, 0.25) is 5.28 Å². The van der Waals surface area contributed by atoms with Crippen LogP contribution in [0.3, 0.4) is 0 Å². The number of anilines is 1. The molecule has 1 N–H and O–H groups in total. The van der Waals surface area contributed by atoms with Crippen LogP contribution in [0.25, 0.3) is 10.2 Å². The summed E-state index contributed by atoms with van der Waals surface area (Å²) < 4.78 is 0.982. The van der Waals surface area contributed by atoms with Crippen molar-refractivity contribution in [2.45, 2.75) is 6.92 Å². The maximum absolute atomic E-state index is 11.6. The first-order valence-electron chi connectivity index (χ1n) is 5.86. The number of carbonyl (C=O) groups excluding carboxylic acids is 1. The molecule has 2 heterocycles. The highest BCUT2D eigenvalue weighted by atomic mass is 35.5. The molecule has 0 aliphatic rings. The van der Waals surface area contributed by atoms with E-state index in [2.05, 4.69) is 15.3 Å². The third-order valence-electron chi connectivity index (χ3n) is 2.86. The van der Waals surface area contributed by atoms with Crippen LogP contribution in [0.4, 0.5) is 5.82 Å². The molecule has 5 nitrogen and oxygen atoms in total. The van der Waals surface area contributed by atoms with Gasteiger partial charge in [-0.25, -0.2) is 4.98 Å². The number of fused-ring (bicyclic) bond motifs is 1. The number of hydrogen-bond acceptors (Lipinski definition) is 5. The van der Waals surface area contributed by atoms with Crippen molar-refractivity contribution in [1.82, 2.24) is 15.3 Å². The molecule has 0 aliphatic carbocycles. The number of amides is 1. The minimum absolute atomic E-state index is 0.00873. The molecule has 0 bridgehead atoms. The topological polar surface area (TPSA) is 58.1 Å². The van der Waals surface area contributed by atoms with E-state index in [4.69, 9.17) is 11.6 Å². The van der Waals surface area contributed by atoms with Crippen molar-refractivity contribution >= 4 is 44.9 Å². The van der Waals surface area contributed by atoms with E-state index in [1.54, 1.807) is 18.4 Å². The third kappa shape index (κ3) is 2.96. The lowest BCUT2D eigenvalue weighted by Gasteiger charge is -2.22. The molecular formula is C12H15ClN4OS. The molecule has 0 saturated carbocycles. The fourth-order valence-electron chi connectivity index (χ4n) is 1.91. The van der Waals surface area contributed by atoms with Crippen LogP contribution in [0.1, 0.15) is 6.92 Å². The van der Waals surface area contributed by atoms with Gasteiger partial charge in [-0.2, -0.15) is 4.98 Å². The Labute approximate surface area is 120 Å². The lowest BCUT2D eigenvalue weighted by atomic mass is 10.1. The molecule has 0 radical (unpaired) electrons. The molecule has 0 aromatic carbocycles. The van der Waals surface area contributed by atoms with Gasteiger partial charge in [0, 0.05) is 20.6 Å². The first kappa shape index (κ1) is 14.0. The summed E-state index contributed by atoms with van der Waals surface area (Å²) in [5, 5.41) is 4.82. The highest BCUT2D eigenvalue weighted by Gasteiger charge is 2.17. The van der Waals surface area contributed by atoms with E-state index in [0.717, 1.165) is 16.0 Å². The standard InChI is InChI=1S/C12H15ClN4OS/c1-7(11(18)14-2)6-17(3)10-9-8(4-5-19-9)15-12(13)16-10/h4-5,7H,6H2,1-3H3,(H,14,18). The number of halogens is 1. The average Bonchev–Trinajstić information content (AvgIpc) is 2.84. The van der Waals surface area contributed by atoms with Gasteiger partial charge in [0.2, 0.25) is 11.2 Å². The summed E-state index contributed by atoms with van der Waals surface area (Å²) in [6.07, 6.45) is 0. The molecule has 0 fully saturated rings. The molecule has 1 unspecified atom stereocenters. The maximum Gasteiger partial charge on any atom is 0.224 e. The summed E-state index contributed by atoms with van der Waals surface area (Å²) in [4.78, 5) is 21.9. The lowest BCUT2D eigenvalue weighted by Crippen LogP contribution is -2.34. The largest absolute Gasteiger partial charge is 0.359 e. The monoisotopic (exact) mass is 298 g/mol. The van der Waals surface area contributed by atoms with Crippen LogP contribution in [0.5, 0.6) is 0 Å². The average molecular weight is 299 g/mol. The second-order valence-electron chi connectivity index (χ2n) is 4.35. The van der Waals surface area contributed by atoms with E-state index in [-0.39, 0.29) is 17.1 Å². The molecule has 2 rings (SSSR count). The SMILES string of the molecule is CNC(=O)C(C)CN(C)c1nc(Cl)nc2ccsc12. The van der Waals surface area contributed by atoms with Gasteiger partial charge in [-0.1, -0.05) is 6.92 Å². The number of nitrogens with one attached hydrogen (secondary N) is 1. The molecule has 2 aromatic rings. The van der Waals surface area contributed by atoms with Gasteiger partial charge in [0.15, 0.2) is 5.82 Å². The molecule has 7 heteroatoms. The number of carbonyl (C=O) groups is 1. The smallest absolute Gasteiger partial charge is 0.224 e. The molecule has 19 heavy (non-hydrogen) atoms. The summed E-state index contributed by atoms with van der Waals surface area (Å²) >= 11 is 7.49. The van der Waals surface area contributed by atoms with E-state index in [0.29, 0.717) is 6.54 Å². The van der Waals surface area contributed by atoms with Crippen molar-refractivity contribution in [3.8, 4) is 0 Å². The van der Waals surface area contributed by atoms with Gasteiger partial charge in [0.1, 0.15) is 0 Å². The fourth-order valence-corrected chi connectivity index (χ4v) is 2.95. The van der Waals surface area contributed by atoms with Gasteiger partial charge in [-0.05, 0) is 23.0 Å². The Morgan fingerprint density at radius 1 is 1.58 bits per heavy atom. The van der Waals surface area contributed by atoms with Crippen LogP contribution in [0.15, 0.2) is 11.4 Å². The van der Waals surface area contributed by atoms with Gasteiger partial charge in [-0.15, -0.1) is 11.3 Å². The quantitative estimate of drug-likeness (QED) is 0.879. The van der Waals surface area contributed by atoms with Gasteiger partial charge in [0.25, 0.3) is 0 Å². The number of nitrogens with zero attached hydrogens (tertiary/aromatic N) is 3. The predicted molar refractivity (Wildman–Crippen MR) is 78.9 cm³/mol. The third-order valence-corrected chi connectivity index (χ3v) is 3.93. The zero-order valence-corrected chi connectivity index (χ0v) is 12.5. The highest BCUT2D eigenvalue weighted by molar-refractivity contribution is 7.17. The number of thiophene rings is 1. The van der Waals surface area contributed by atoms with Crippen LogP contribution < -0.4 is 10.2 Å². The van der Waals surface area contributed by atoms with Crippen LogP contribution in [-0.4, -0.2) is 36.5 Å². The minimum Gasteiger partial charge on any atom is -0.359 e. The summed E-state index contributed by atoms with van der Waals surface area (Å²) in [7, 11) is 3.54. The first-order valence-corrected chi connectivity index (χ1v) is 7.12. The molecular weight excluding hydrogens is 284 g/mol. The van der Waals surface area contributed by atoms with Crippen molar-refractivity contribution in [2.75, 3.05) is 25.5 Å². The van der Waals surface area contributed by atoms with E-state index >= 15 is 0 Å². The molecule has 1 amide bonds. The zero-order chi connectivity index (χ0) is 14.0. The molecule has 102 valence electrons. The molecule has 0 saturated heterocycles. The Morgan fingerprint density at radius 3 is 3.00 bits per heavy atom. The van der Waals surface area contributed by atoms with E-state index < -0.39 is 0 Å². The van der Waals surface area contributed by atoms with Crippen molar-refractivity contribution in [1.29, 1.82) is 0 Å². The van der Waals surface area contributed by atoms with Crippen molar-refractivity contribution in [3.63, 3.8) is 0 Å².